The summed E-state index contributed by atoms with van der Waals surface area (Å²) in [6.45, 7) is 8.55. The number of nitrogens with zero attached hydrogens (tertiary/aromatic N) is 4. The molecule has 1 aromatic carbocycles. The first-order valence-corrected chi connectivity index (χ1v) is 11.1. The van der Waals surface area contributed by atoms with Gasteiger partial charge in [-0.25, -0.2) is 17.8 Å². The summed E-state index contributed by atoms with van der Waals surface area (Å²) in [6.07, 6.45) is 1.57. The molecule has 0 bridgehead atoms. The second-order valence-corrected chi connectivity index (χ2v) is 8.71. The van der Waals surface area contributed by atoms with Crippen LogP contribution < -0.4 is 10.0 Å². The van der Waals surface area contributed by atoms with Gasteiger partial charge in [0.1, 0.15) is 5.82 Å². The lowest BCUT2D eigenvalue weighted by atomic mass is 10.2. The molecular formula is C21H26N6O2S. The van der Waals surface area contributed by atoms with Crippen LogP contribution in [0.3, 0.4) is 0 Å². The fraction of sp³-hybridized carbons (Fsp3) is 0.286. The summed E-state index contributed by atoms with van der Waals surface area (Å²) < 4.78 is 28.4. The summed E-state index contributed by atoms with van der Waals surface area (Å²) in [5.74, 6) is 1.20. The van der Waals surface area contributed by atoms with Crippen LogP contribution in [0.15, 0.2) is 41.8 Å². The predicted octanol–water partition coefficient (Wildman–Crippen LogP) is 2.90. The first kappa shape index (κ1) is 21.7. The third kappa shape index (κ3) is 5.52. The van der Waals surface area contributed by atoms with Crippen LogP contribution in [-0.4, -0.2) is 41.5 Å². The average Bonchev–Trinajstić information content (AvgIpc) is 2.99. The molecule has 158 valence electrons. The highest BCUT2D eigenvalue weighted by Gasteiger charge is 2.10. The minimum absolute atomic E-state index is 0.223. The third-order valence-corrected chi connectivity index (χ3v) is 5.87. The third-order valence-electron chi connectivity index (χ3n) is 4.77. The van der Waals surface area contributed by atoms with Gasteiger partial charge in [-0.2, -0.15) is 5.10 Å². The van der Waals surface area contributed by atoms with Crippen LogP contribution in [0, 0.1) is 27.7 Å². The maximum atomic E-state index is 12.1. The van der Waals surface area contributed by atoms with Crippen LogP contribution >= 0.6 is 0 Å². The Bertz CT molecular complexity index is 1130. The summed E-state index contributed by atoms with van der Waals surface area (Å²) in [4.78, 5) is 0. The van der Waals surface area contributed by atoms with E-state index < -0.39 is 10.0 Å². The standard InChI is InChI=1S/C21H26N6O2S/c1-15-5-7-19(8-6-15)11-14-30(28,29)23-13-12-22-20-9-10-21(25-24-20)27-18(4)16(2)17(3)26-27/h5-11,14,23H,12-13H2,1-4H3,(H,22,24)/b14-11+. The van der Waals surface area contributed by atoms with Crippen molar-refractivity contribution in [3.8, 4) is 5.82 Å². The smallest absolute Gasteiger partial charge is 0.233 e. The van der Waals surface area contributed by atoms with Gasteiger partial charge in [-0.3, -0.25) is 0 Å². The second kappa shape index (κ2) is 9.19. The van der Waals surface area contributed by atoms with Crippen molar-refractivity contribution in [2.45, 2.75) is 27.7 Å². The Morgan fingerprint density at radius 2 is 1.70 bits per heavy atom. The monoisotopic (exact) mass is 426 g/mol. The summed E-state index contributed by atoms with van der Waals surface area (Å²) in [6, 6.07) is 11.2. The van der Waals surface area contributed by atoms with Crippen molar-refractivity contribution in [1.29, 1.82) is 0 Å². The number of anilines is 1. The lowest BCUT2D eigenvalue weighted by molar-refractivity contribution is 0.592. The van der Waals surface area contributed by atoms with Crippen molar-refractivity contribution in [3.05, 3.63) is 69.9 Å². The molecule has 0 atom stereocenters. The maximum absolute atomic E-state index is 12.1. The lowest BCUT2D eigenvalue weighted by Crippen LogP contribution is -2.27. The molecule has 9 heteroatoms. The Morgan fingerprint density at radius 1 is 0.967 bits per heavy atom. The fourth-order valence-corrected chi connectivity index (χ4v) is 3.57. The predicted molar refractivity (Wildman–Crippen MR) is 119 cm³/mol. The first-order valence-electron chi connectivity index (χ1n) is 9.60. The van der Waals surface area contributed by atoms with Gasteiger partial charge in [0.05, 0.1) is 5.69 Å². The van der Waals surface area contributed by atoms with Gasteiger partial charge in [0.2, 0.25) is 10.0 Å². The molecule has 0 saturated carbocycles. The Morgan fingerprint density at radius 3 is 2.30 bits per heavy atom. The number of benzene rings is 1. The number of aryl methyl sites for hydroxylation is 2. The van der Waals surface area contributed by atoms with E-state index in [9.17, 15) is 8.42 Å². The van der Waals surface area contributed by atoms with Crippen LogP contribution in [0.2, 0.25) is 0 Å². The SMILES string of the molecule is Cc1ccc(/C=C/S(=O)(=O)NCCNc2ccc(-n3nc(C)c(C)c3C)nn2)cc1. The summed E-state index contributed by atoms with van der Waals surface area (Å²) in [5.41, 5.74) is 5.07. The lowest BCUT2D eigenvalue weighted by Gasteiger charge is -2.07. The quantitative estimate of drug-likeness (QED) is 0.537. The maximum Gasteiger partial charge on any atom is 0.233 e. The van der Waals surface area contributed by atoms with Crippen LogP contribution in [0.4, 0.5) is 5.82 Å². The van der Waals surface area contributed by atoms with Gasteiger partial charge < -0.3 is 5.32 Å². The molecule has 0 amide bonds. The van der Waals surface area contributed by atoms with Crippen molar-refractivity contribution in [3.63, 3.8) is 0 Å². The van der Waals surface area contributed by atoms with E-state index in [0.717, 1.165) is 28.1 Å². The zero-order valence-corrected chi connectivity index (χ0v) is 18.4. The molecule has 0 fully saturated rings. The number of hydrogen-bond acceptors (Lipinski definition) is 6. The Labute approximate surface area is 177 Å². The summed E-state index contributed by atoms with van der Waals surface area (Å²) in [7, 11) is -3.51. The molecule has 8 nitrogen and oxygen atoms in total. The average molecular weight is 427 g/mol. The van der Waals surface area contributed by atoms with Crippen LogP contribution in [-0.2, 0) is 10.0 Å². The minimum Gasteiger partial charge on any atom is -0.367 e. The van der Waals surface area contributed by atoms with Crippen molar-refractivity contribution in [1.82, 2.24) is 24.7 Å². The minimum atomic E-state index is -3.51. The zero-order valence-electron chi connectivity index (χ0n) is 17.5. The summed E-state index contributed by atoms with van der Waals surface area (Å²) >= 11 is 0. The van der Waals surface area contributed by atoms with Gasteiger partial charge >= 0.3 is 0 Å². The number of nitrogens with one attached hydrogen (secondary N) is 2. The van der Waals surface area contributed by atoms with Gasteiger partial charge in [0, 0.05) is 24.2 Å². The van der Waals surface area contributed by atoms with Crippen molar-refractivity contribution in [2.24, 2.45) is 0 Å². The number of rotatable bonds is 8. The molecule has 0 unspecified atom stereocenters. The van der Waals surface area contributed by atoms with Gasteiger partial charge in [0.25, 0.3) is 0 Å². The van der Waals surface area contributed by atoms with Gasteiger partial charge in [-0.15, -0.1) is 10.2 Å². The van der Waals surface area contributed by atoms with Gasteiger partial charge in [-0.05, 0) is 57.0 Å². The molecule has 3 aromatic rings. The molecule has 2 aromatic heterocycles. The van der Waals surface area contributed by atoms with Crippen LogP contribution in [0.25, 0.3) is 11.9 Å². The molecule has 0 saturated heterocycles. The highest BCUT2D eigenvalue weighted by molar-refractivity contribution is 7.92. The molecule has 0 aliphatic heterocycles. The van der Waals surface area contributed by atoms with E-state index in [-0.39, 0.29) is 6.54 Å². The molecule has 3 rings (SSSR count). The van der Waals surface area contributed by atoms with Crippen molar-refractivity contribution < 1.29 is 8.42 Å². The largest absolute Gasteiger partial charge is 0.367 e. The molecule has 0 aliphatic carbocycles. The van der Waals surface area contributed by atoms with E-state index in [0.29, 0.717) is 18.2 Å². The second-order valence-electron chi connectivity index (χ2n) is 7.06. The summed E-state index contributed by atoms with van der Waals surface area (Å²) in [5, 5.41) is 17.0. The molecule has 2 N–H and O–H groups in total. The highest BCUT2D eigenvalue weighted by atomic mass is 32.2. The molecule has 0 radical (unpaired) electrons. The fourth-order valence-electron chi connectivity index (χ4n) is 2.75. The number of sulfonamides is 1. The topological polar surface area (TPSA) is 102 Å². The number of aromatic nitrogens is 4. The Hall–Kier alpha value is -3.04. The van der Waals surface area contributed by atoms with E-state index >= 15 is 0 Å². The first-order chi connectivity index (χ1) is 14.2. The number of hydrogen-bond donors (Lipinski definition) is 2. The van der Waals surface area contributed by atoms with E-state index in [1.807, 2.05) is 58.0 Å². The molecule has 0 aliphatic rings. The van der Waals surface area contributed by atoms with Crippen molar-refractivity contribution in [2.75, 3.05) is 18.4 Å². The van der Waals surface area contributed by atoms with Crippen LogP contribution in [0.1, 0.15) is 28.1 Å². The molecule has 30 heavy (non-hydrogen) atoms. The van der Waals surface area contributed by atoms with E-state index in [2.05, 4.69) is 25.3 Å². The molecule has 2 heterocycles. The molecule has 0 spiro atoms. The Kier molecular flexibility index (Phi) is 6.63. The Balaban J connectivity index is 1.50. The van der Waals surface area contributed by atoms with Gasteiger partial charge in [-0.1, -0.05) is 29.8 Å². The van der Waals surface area contributed by atoms with Crippen molar-refractivity contribution >= 4 is 21.9 Å². The highest BCUT2D eigenvalue weighted by Crippen LogP contribution is 2.15. The van der Waals surface area contributed by atoms with E-state index in [1.165, 1.54) is 5.41 Å². The zero-order chi connectivity index (χ0) is 21.7. The normalized spacial score (nSPS) is 11.9. The molecular weight excluding hydrogens is 400 g/mol. The van der Waals surface area contributed by atoms with Crippen LogP contribution in [0.5, 0.6) is 0 Å². The van der Waals surface area contributed by atoms with Gasteiger partial charge in [0.15, 0.2) is 5.82 Å². The van der Waals surface area contributed by atoms with E-state index in [1.54, 1.807) is 16.8 Å². The van der Waals surface area contributed by atoms with E-state index in [4.69, 9.17) is 0 Å².